The second-order valence-corrected chi connectivity index (χ2v) is 5.30. The molecule has 0 amide bonds. The lowest BCUT2D eigenvalue weighted by Crippen LogP contribution is -1.98. The number of rotatable bonds is 9. The van der Waals surface area contributed by atoms with Crippen LogP contribution in [0, 0.1) is 13.8 Å². The third-order valence-corrected chi connectivity index (χ3v) is 3.89. The van der Waals surface area contributed by atoms with Gasteiger partial charge in [0.1, 0.15) is 19.5 Å². The van der Waals surface area contributed by atoms with Crippen molar-refractivity contribution >= 4 is 18.0 Å². The lowest BCUT2D eigenvalue weighted by atomic mass is 10.1. The minimum atomic E-state index is 0.448. The smallest absolute Gasteiger partial charge is 0.120 e. The second kappa shape index (κ2) is 10.3. The molecule has 0 saturated heterocycles. The molecule has 1 aromatic rings. The minimum Gasteiger partial charge on any atom is -0.490 e. The van der Waals surface area contributed by atoms with Crippen LogP contribution in [-0.2, 0) is 9.57 Å². The van der Waals surface area contributed by atoms with Gasteiger partial charge in [0.25, 0.3) is 0 Å². The first kappa shape index (κ1) is 17.6. The summed E-state index contributed by atoms with van der Waals surface area (Å²) in [5.41, 5.74) is 2.40. The number of hydrogen-bond donors (Lipinski definition) is 0. The molecule has 0 radical (unpaired) electrons. The van der Waals surface area contributed by atoms with Gasteiger partial charge in [0.2, 0.25) is 0 Å². The Balaban J connectivity index is 2.53. The summed E-state index contributed by atoms with van der Waals surface area (Å²) in [6, 6.07) is 4.12. The average Bonchev–Trinajstić information content (AvgIpc) is 2.45. The van der Waals surface area contributed by atoms with E-state index in [0.717, 1.165) is 5.75 Å². The number of thioether (sulfide) groups is 1. The zero-order valence-corrected chi connectivity index (χ0v) is 13.9. The molecule has 0 aliphatic heterocycles. The third-order valence-electron chi connectivity index (χ3n) is 2.67. The number of nitrogens with zero attached hydrogens (tertiary/aromatic N) is 1. The normalized spacial score (nSPS) is 11.4. The molecule has 0 saturated carbocycles. The van der Waals surface area contributed by atoms with E-state index >= 15 is 0 Å². The maximum atomic E-state index is 5.67. The van der Waals surface area contributed by atoms with Gasteiger partial charge in [-0.3, -0.25) is 0 Å². The van der Waals surface area contributed by atoms with Gasteiger partial charge in [-0.2, -0.15) is 0 Å². The highest BCUT2D eigenvalue weighted by molar-refractivity contribution is 7.99. The summed E-state index contributed by atoms with van der Waals surface area (Å²) in [7, 11) is 1.51. The number of allylic oxidation sites excluding steroid dienone is 1. The molecule has 0 aromatic heterocycles. The summed E-state index contributed by atoms with van der Waals surface area (Å²) >= 11 is 1.67. The highest BCUT2D eigenvalue weighted by Crippen LogP contribution is 2.30. The Kier molecular flexibility index (Phi) is 8.62. The first-order valence-corrected chi connectivity index (χ1v) is 7.78. The Morgan fingerprint density at radius 2 is 1.90 bits per heavy atom. The van der Waals surface area contributed by atoms with E-state index in [-0.39, 0.29) is 0 Å². The van der Waals surface area contributed by atoms with E-state index in [0.29, 0.717) is 19.2 Å². The van der Waals surface area contributed by atoms with Crippen LogP contribution < -0.4 is 4.74 Å². The van der Waals surface area contributed by atoms with Gasteiger partial charge in [0.05, 0.1) is 18.8 Å². The third kappa shape index (κ3) is 6.69. The predicted molar refractivity (Wildman–Crippen MR) is 88.4 cm³/mol. The molecule has 0 atom stereocenters. The highest BCUT2D eigenvalue weighted by Gasteiger charge is 2.06. The van der Waals surface area contributed by atoms with Crippen LogP contribution in [0.1, 0.15) is 18.1 Å². The molecule has 21 heavy (non-hydrogen) atoms. The van der Waals surface area contributed by atoms with E-state index in [9.17, 15) is 0 Å². The van der Waals surface area contributed by atoms with Gasteiger partial charge in [-0.1, -0.05) is 29.1 Å². The quantitative estimate of drug-likeness (QED) is 0.173. The van der Waals surface area contributed by atoms with Gasteiger partial charge in [-0.15, -0.1) is 0 Å². The Morgan fingerprint density at radius 3 is 2.52 bits per heavy atom. The maximum Gasteiger partial charge on any atom is 0.120 e. The van der Waals surface area contributed by atoms with Crippen molar-refractivity contribution in [2.45, 2.75) is 25.7 Å². The van der Waals surface area contributed by atoms with Crippen molar-refractivity contribution in [1.82, 2.24) is 0 Å². The summed E-state index contributed by atoms with van der Waals surface area (Å²) in [5, 5.41) is 3.62. The first-order valence-electron chi connectivity index (χ1n) is 6.79. The SMILES string of the molecule is C/C=C/COc1cc(C)c(SCOCC=NOC)c(C)c1. The van der Waals surface area contributed by atoms with Crippen molar-refractivity contribution in [3.8, 4) is 5.75 Å². The van der Waals surface area contributed by atoms with Crippen LogP contribution in [0.25, 0.3) is 0 Å². The Hall–Kier alpha value is -1.46. The van der Waals surface area contributed by atoms with Gasteiger partial charge >= 0.3 is 0 Å². The van der Waals surface area contributed by atoms with Crippen LogP contribution in [0.3, 0.4) is 0 Å². The molecular weight excluding hydrogens is 286 g/mol. The molecule has 0 aliphatic carbocycles. The first-order chi connectivity index (χ1) is 10.2. The average molecular weight is 309 g/mol. The standard InChI is InChI=1S/C16H23NO3S/c1-5-6-8-20-15-10-13(2)16(14(3)11-15)21-12-19-9-7-17-18-4/h5-7,10-11H,8-9,12H2,1-4H3/b6-5+,17-7?. The fraction of sp³-hybridized carbons (Fsp3) is 0.438. The highest BCUT2D eigenvalue weighted by atomic mass is 32.2. The number of oxime groups is 1. The van der Waals surface area contributed by atoms with E-state index in [1.54, 1.807) is 18.0 Å². The van der Waals surface area contributed by atoms with E-state index in [1.165, 1.54) is 23.1 Å². The predicted octanol–water partition coefficient (Wildman–Crippen LogP) is 3.96. The van der Waals surface area contributed by atoms with Crippen LogP contribution in [0.4, 0.5) is 0 Å². The van der Waals surface area contributed by atoms with Crippen LogP contribution >= 0.6 is 11.8 Å². The Bertz CT molecular complexity index is 463. The zero-order valence-electron chi connectivity index (χ0n) is 13.1. The zero-order chi connectivity index (χ0) is 15.5. The van der Waals surface area contributed by atoms with Gasteiger partial charge in [-0.25, -0.2) is 0 Å². The van der Waals surface area contributed by atoms with E-state index in [1.807, 2.05) is 19.1 Å². The van der Waals surface area contributed by atoms with E-state index in [2.05, 4.69) is 36.0 Å². The summed E-state index contributed by atoms with van der Waals surface area (Å²) < 4.78 is 11.1. The molecule has 4 nitrogen and oxygen atoms in total. The van der Waals surface area contributed by atoms with E-state index < -0.39 is 0 Å². The van der Waals surface area contributed by atoms with Crippen molar-refractivity contribution in [2.75, 3.05) is 26.3 Å². The largest absolute Gasteiger partial charge is 0.490 e. The van der Waals surface area contributed by atoms with Crippen LogP contribution in [0.5, 0.6) is 5.75 Å². The number of hydrogen-bond acceptors (Lipinski definition) is 5. The monoisotopic (exact) mass is 309 g/mol. The molecule has 0 spiro atoms. The summed E-state index contributed by atoms with van der Waals surface area (Å²) in [5.74, 6) is 1.48. The Morgan fingerprint density at radius 1 is 1.19 bits per heavy atom. The van der Waals surface area contributed by atoms with Crippen molar-refractivity contribution in [2.24, 2.45) is 5.16 Å². The molecule has 5 heteroatoms. The molecule has 1 rings (SSSR count). The van der Waals surface area contributed by atoms with Crippen molar-refractivity contribution in [1.29, 1.82) is 0 Å². The fourth-order valence-electron chi connectivity index (χ4n) is 1.77. The Labute approximate surface area is 131 Å². The molecule has 0 aliphatic rings. The fourth-order valence-corrected chi connectivity index (χ4v) is 2.64. The molecule has 0 heterocycles. The molecule has 0 unspecified atom stereocenters. The number of aryl methyl sites for hydroxylation is 2. The molecular formula is C16H23NO3S. The number of benzene rings is 1. The van der Waals surface area contributed by atoms with E-state index in [4.69, 9.17) is 9.47 Å². The van der Waals surface area contributed by atoms with Gasteiger partial charge in [0.15, 0.2) is 0 Å². The molecule has 116 valence electrons. The lowest BCUT2D eigenvalue weighted by molar-refractivity contribution is 0.200. The van der Waals surface area contributed by atoms with Crippen LogP contribution in [-0.4, -0.2) is 32.5 Å². The summed E-state index contributed by atoms with van der Waals surface area (Å²) in [4.78, 5) is 5.80. The molecule has 0 N–H and O–H groups in total. The van der Waals surface area contributed by atoms with Crippen molar-refractivity contribution in [3.63, 3.8) is 0 Å². The van der Waals surface area contributed by atoms with Gasteiger partial charge < -0.3 is 14.3 Å². The van der Waals surface area contributed by atoms with Crippen molar-refractivity contribution in [3.05, 3.63) is 35.4 Å². The topological polar surface area (TPSA) is 40.0 Å². The van der Waals surface area contributed by atoms with Crippen LogP contribution in [0.2, 0.25) is 0 Å². The molecule has 0 bridgehead atoms. The lowest BCUT2D eigenvalue weighted by Gasteiger charge is -2.12. The number of ether oxygens (including phenoxy) is 2. The maximum absolute atomic E-state index is 5.67. The van der Waals surface area contributed by atoms with Crippen LogP contribution in [0.15, 0.2) is 34.3 Å². The summed E-state index contributed by atoms with van der Waals surface area (Å²) in [6.45, 7) is 7.21. The van der Waals surface area contributed by atoms with Crippen molar-refractivity contribution < 1.29 is 14.3 Å². The molecule has 0 fully saturated rings. The summed E-state index contributed by atoms with van der Waals surface area (Å²) in [6.07, 6.45) is 5.56. The second-order valence-electron chi connectivity index (χ2n) is 4.37. The van der Waals surface area contributed by atoms with Gasteiger partial charge in [0, 0.05) is 4.90 Å². The minimum absolute atomic E-state index is 0.448. The molecule has 1 aromatic carbocycles. The van der Waals surface area contributed by atoms with Gasteiger partial charge in [-0.05, 0) is 44.0 Å².